The zero-order valence-electron chi connectivity index (χ0n) is 11.1. The lowest BCUT2D eigenvalue weighted by Crippen LogP contribution is -2.52. The highest BCUT2D eigenvalue weighted by atomic mass is 16.4. The molecule has 3 N–H and O–H groups in total. The van der Waals surface area contributed by atoms with Gasteiger partial charge in [-0.05, 0) is 19.3 Å². The highest BCUT2D eigenvalue weighted by molar-refractivity contribution is 5.77. The molecule has 0 radical (unpaired) electrons. The van der Waals surface area contributed by atoms with Crippen molar-refractivity contribution in [2.75, 3.05) is 19.7 Å². The summed E-state index contributed by atoms with van der Waals surface area (Å²) in [6.07, 6.45) is 4.22. The minimum Gasteiger partial charge on any atom is -0.481 e. The Balaban J connectivity index is 1.94. The van der Waals surface area contributed by atoms with Gasteiger partial charge in [-0.25, -0.2) is 4.79 Å². The van der Waals surface area contributed by atoms with Crippen molar-refractivity contribution in [1.82, 2.24) is 10.2 Å². The summed E-state index contributed by atoms with van der Waals surface area (Å²) in [5.41, 5.74) is -0.569. The molecule has 19 heavy (non-hydrogen) atoms. The lowest BCUT2D eigenvalue weighted by atomic mass is 9.93. The third-order valence-corrected chi connectivity index (χ3v) is 4.25. The molecule has 1 aliphatic heterocycles. The van der Waals surface area contributed by atoms with Gasteiger partial charge in [0.15, 0.2) is 0 Å². The van der Waals surface area contributed by atoms with Crippen LogP contribution in [0.2, 0.25) is 0 Å². The van der Waals surface area contributed by atoms with E-state index in [4.69, 9.17) is 10.2 Å². The van der Waals surface area contributed by atoms with Crippen molar-refractivity contribution < 1.29 is 19.8 Å². The van der Waals surface area contributed by atoms with Gasteiger partial charge in [0, 0.05) is 25.6 Å². The van der Waals surface area contributed by atoms with E-state index in [-0.39, 0.29) is 25.0 Å². The fourth-order valence-electron chi connectivity index (χ4n) is 3.16. The quantitative estimate of drug-likeness (QED) is 0.704. The van der Waals surface area contributed by atoms with E-state index in [1.165, 1.54) is 0 Å². The van der Waals surface area contributed by atoms with Crippen LogP contribution >= 0.6 is 0 Å². The van der Waals surface area contributed by atoms with E-state index in [0.29, 0.717) is 13.1 Å². The summed E-state index contributed by atoms with van der Waals surface area (Å²) >= 11 is 0. The summed E-state index contributed by atoms with van der Waals surface area (Å²) in [6.45, 7) is 1.30. The van der Waals surface area contributed by atoms with Crippen LogP contribution in [-0.2, 0) is 4.79 Å². The minimum atomic E-state index is -0.864. The highest BCUT2D eigenvalue weighted by Crippen LogP contribution is 2.33. The number of amides is 2. The molecule has 1 atom stereocenters. The maximum atomic E-state index is 12.2. The standard InChI is InChI=1S/C13H22N2O4/c16-9-10-3-6-15(8-10)12(19)14-13(7-11(17)18)4-1-2-5-13/h10,16H,1-9H2,(H,14,19)(H,17,18). The van der Waals surface area contributed by atoms with Crippen LogP contribution in [0, 0.1) is 5.92 Å². The van der Waals surface area contributed by atoms with Gasteiger partial charge in [0.1, 0.15) is 0 Å². The van der Waals surface area contributed by atoms with Crippen LogP contribution < -0.4 is 5.32 Å². The van der Waals surface area contributed by atoms with Gasteiger partial charge in [-0.15, -0.1) is 0 Å². The Hall–Kier alpha value is -1.30. The average Bonchev–Trinajstić information content (AvgIpc) is 2.97. The smallest absolute Gasteiger partial charge is 0.317 e. The third-order valence-electron chi connectivity index (χ3n) is 4.25. The Kier molecular flexibility index (Phi) is 4.29. The van der Waals surface area contributed by atoms with E-state index in [9.17, 15) is 9.59 Å². The topological polar surface area (TPSA) is 89.9 Å². The maximum Gasteiger partial charge on any atom is 0.317 e. The van der Waals surface area contributed by atoms with E-state index in [0.717, 1.165) is 32.1 Å². The molecule has 1 heterocycles. The van der Waals surface area contributed by atoms with E-state index in [2.05, 4.69) is 5.32 Å². The SMILES string of the molecule is O=C(O)CC1(NC(=O)N2CCC(CO)C2)CCCC1. The molecule has 0 bridgehead atoms. The largest absolute Gasteiger partial charge is 0.481 e. The summed E-state index contributed by atoms with van der Waals surface area (Å²) in [7, 11) is 0. The van der Waals surface area contributed by atoms with Gasteiger partial charge < -0.3 is 20.4 Å². The lowest BCUT2D eigenvalue weighted by Gasteiger charge is -2.31. The molecule has 1 unspecified atom stereocenters. The maximum absolute atomic E-state index is 12.2. The number of nitrogens with zero attached hydrogens (tertiary/aromatic N) is 1. The number of hydrogen-bond donors (Lipinski definition) is 3. The first-order valence-electron chi connectivity index (χ1n) is 6.94. The number of nitrogens with one attached hydrogen (secondary N) is 1. The van der Waals surface area contributed by atoms with E-state index in [1.54, 1.807) is 4.90 Å². The van der Waals surface area contributed by atoms with Crippen LogP contribution in [0.25, 0.3) is 0 Å². The van der Waals surface area contributed by atoms with Crippen LogP contribution in [0.1, 0.15) is 38.5 Å². The Morgan fingerprint density at radius 2 is 2.00 bits per heavy atom. The summed E-state index contributed by atoms with van der Waals surface area (Å²) in [4.78, 5) is 24.8. The number of rotatable bonds is 4. The molecular weight excluding hydrogens is 248 g/mol. The molecule has 0 aromatic heterocycles. The molecule has 6 nitrogen and oxygen atoms in total. The zero-order chi connectivity index (χ0) is 13.9. The van der Waals surface area contributed by atoms with Gasteiger partial charge in [0.05, 0.1) is 12.0 Å². The zero-order valence-corrected chi connectivity index (χ0v) is 11.1. The predicted molar refractivity (Wildman–Crippen MR) is 68.7 cm³/mol. The van der Waals surface area contributed by atoms with Gasteiger partial charge in [0.2, 0.25) is 0 Å². The Morgan fingerprint density at radius 1 is 1.32 bits per heavy atom. The number of carbonyl (C=O) groups is 2. The number of likely N-dealkylation sites (tertiary alicyclic amines) is 1. The van der Waals surface area contributed by atoms with Gasteiger partial charge in [0.25, 0.3) is 0 Å². The van der Waals surface area contributed by atoms with Crippen molar-refractivity contribution in [3.8, 4) is 0 Å². The number of hydrogen-bond acceptors (Lipinski definition) is 3. The molecule has 2 amide bonds. The Morgan fingerprint density at radius 3 is 2.53 bits per heavy atom. The molecule has 6 heteroatoms. The first-order valence-corrected chi connectivity index (χ1v) is 6.94. The number of carbonyl (C=O) groups excluding carboxylic acids is 1. The summed E-state index contributed by atoms with van der Waals surface area (Å²) in [5.74, 6) is -0.707. The molecule has 0 aromatic carbocycles. The van der Waals surface area contributed by atoms with Crippen molar-refractivity contribution in [1.29, 1.82) is 0 Å². The number of carboxylic acid groups (broad SMARTS) is 1. The molecular formula is C13H22N2O4. The molecule has 2 rings (SSSR count). The van der Waals surface area contributed by atoms with Gasteiger partial charge in [-0.3, -0.25) is 4.79 Å². The van der Waals surface area contributed by atoms with Crippen molar-refractivity contribution in [2.45, 2.75) is 44.1 Å². The number of aliphatic hydroxyl groups is 1. The summed E-state index contributed by atoms with van der Waals surface area (Å²) in [6, 6.07) is -0.181. The first-order chi connectivity index (χ1) is 9.04. The van der Waals surface area contributed by atoms with E-state index in [1.807, 2.05) is 0 Å². The van der Waals surface area contributed by atoms with Gasteiger partial charge in [-0.1, -0.05) is 12.8 Å². The fourth-order valence-corrected chi connectivity index (χ4v) is 3.16. The lowest BCUT2D eigenvalue weighted by molar-refractivity contribution is -0.138. The number of carboxylic acids is 1. The molecule has 1 aliphatic carbocycles. The molecule has 2 fully saturated rings. The second-order valence-corrected chi connectivity index (χ2v) is 5.77. The molecule has 1 saturated carbocycles. The molecule has 0 spiro atoms. The fraction of sp³-hybridized carbons (Fsp3) is 0.846. The minimum absolute atomic E-state index is 0.00396. The summed E-state index contributed by atoms with van der Waals surface area (Å²) < 4.78 is 0. The monoisotopic (exact) mass is 270 g/mol. The van der Waals surface area contributed by atoms with Gasteiger partial charge >= 0.3 is 12.0 Å². The number of urea groups is 1. The van der Waals surface area contributed by atoms with Gasteiger partial charge in [-0.2, -0.15) is 0 Å². The van der Waals surface area contributed by atoms with Crippen LogP contribution in [0.4, 0.5) is 4.79 Å². The van der Waals surface area contributed by atoms with Crippen LogP contribution in [0.3, 0.4) is 0 Å². The number of aliphatic carboxylic acids is 1. The second kappa shape index (κ2) is 5.77. The molecule has 2 aliphatic rings. The highest BCUT2D eigenvalue weighted by Gasteiger charge is 2.39. The second-order valence-electron chi connectivity index (χ2n) is 5.77. The van der Waals surface area contributed by atoms with Crippen LogP contribution in [0.5, 0.6) is 0 Å². The molecule has 0 aromatic rings. The molecule has 1 saturated heterocycles. The van der Waals surface area contributed by atoms with Crippen molar-refractivity contribution in [2.24, 2.45) is 5.92 Å². The van der Waals surface area contributed by atoms with Crippen molar-refractivity contribution in [3.05, 3.63) is 0 Å². The Bertz CT molecular complexity index is 353. The normalized spacial score (nSPS) is 25.5. The average molecular weight is 270 g/mol. The first kappa shape index (κ1) is 14.1. The van der Waals surface area contributed by atoms with E-state index < -0.39 is 11.5 Å². The van der Waals surface area contributed by atoms with Crippen LogP contribution in [0.15, 0.2) is 0 Å². The molecule has 108 valence electrons. The van der Waals surface area contributed by atoms with E-state index >= 15 is 0 Å². The number of aliphatic hydroxyl groups excluding tert-OH is 1. The van der Waals surface area contributed by atoms with Crippen molar-refractivity contribution >= 4 is 12.0 Å². The van der Waals surface area contributed by atoms with Crippen molar-refractivity contribution in [3.63, 3.8) is 0 Å². The Labute approximate surface area is 112 Å². The summed E-state index contributed by atoms with van der Waals surface area (Å²) in [5, 5.41) is 21.0. The van der Waals surface area contributed by atoms with Crippen LogP contribution in [-0.4, -0.2) is 52.3 Å². The third kappa shape index (κ3) is 3.37. The predicted octanol–water partition coefficient (Wildman–Crippen LogP) is 0.798.